The Labute approximate surface area is 181 Å². The lowest BCUT2D eigenvalue weighted by Gasteiger charge is -2.39. The van der Waals surface area contributed by atoms with Crippen LogP contribution in [0.1, 0.15) is 0 Å². The van der Waals surface area contributed by atoms with Gasteiger partial charge in [0.15, 0.2) is 11.5 Å². The van der Waals surface area contributed by atoms with Gasteiger partial charge in [0.05, 0.1) is 24.7 Å². The molecule has 0 amide bonds. The van der Waals surface area contributed by atoms with Crippen LogP contribution < -0.4 is 14.9 Å². The van der Waals surface area contributed by atoms with E-state index in [0.29, 0.717) is 5.56 Å². The van der Waals surface area contributed by atoms with E-state index in [1.807, 2.05) is 0 Å². The minimum Gasteiger partial charge on any atom is -0.508 e. The summed E-state index contributed by atoms with van der Waals surface area (Å²) in [6.45, 7) is -0.603. The predicted octanol–water partition coefficient (Wildman–Crippen LogP) is 0.353. The molecule has 3 aromatic rings. The molecule has 32 heavy (non-hydrogen) atoms. The number of fused-ring (bicyclic) bond motifs is 1. The zero-order valence-corrected chi connectivity index (χ0v) is 16.9. The highest BCUT2D eigenvalue weighted by Gasteiger charge is 2.45. The molecule has 4 rings (SSSR count). The van der Waals surface area contributed by atoms with Gasteiger partial charge in [0, 0.05) is 6.07 Å². The monoisotopic (exact) mass is 446 g/mol. The van der Waals surface area contributed by atoms with E-state index in [2.05, 4.69) is 0 Å². The third-order valence-corrected chi connectivity index (χ3v) is 5.33. The normalized spacial score (nSPS) is 25.6. The third kappa shape index (κ3) is 3.90. The molecule has 1 saturated heterocycles. The van der Waals surface area contributed by atoms with Gasteiger partial charge in [-0.1, -0.05) is 12.1 Å². The summed E-state index contributed by atoms with van der Waals surface area (Å²) in [5.74, 6) is 0.241. The summed E-state index contributed by atoms with van der Waals surface area (Å²) in [4.78, 5) is 13.0. The molecule has 170 valence electrons. The quantitative estimate of drug-likeness (QED) is 0.370. The number of benzene rings is 2. The van der Waals surface area contributed by atoms with E-state index < -0.39 is 37.3 Å². The average Bonchev–Trinajstić information content (AvgIpc) is 2.80. The first-order valence-electron chi connectivity index (χ1n) is 9.74. The molecule has 2 heterocycles. The van der Waals surface area contributed by atoms with Crippen molar-refractivity contribution in [3.8, 4) is 28.4 Å². The van der Waals surface area contributed by atoms with Crippen molar-refractivity contribution < 1.29 is 44.2 Å². The van der Waals surface area contributed by atoms with Gasteiger partial charge < -0.3 is 44.2 Å². The minimum atomic E-state index is -1.61. The van der Waals surface area contributed by atoms with Crippen molar-refractivity contribution in [2.75, 3.05) is 13.7 Å². The molecular formula is C22H22O10. The number of aliphatic hydroxyl groups excluding tert-OH is 4. The fourth-order valence-electron chi connectivity index (χ4n) is 3.52. The summed E-state index contributed by atoms with van der Waals surface area (Å²) in [6.07, 6.45) is -6.04. The second-order valence-corrected chi connectivity index (χ2v) is 7.34. The van der Waals surface area contributed by atoms with Crippen molar-refractivity contribution in [3.05, 3.63) is 52.9 Å². The number of rotatable bonds is 5. The molecule has 5 atom stereocenters. The van der Waals surface area contributed by atoms with Gasteiger partial charge in [0.2, 0.25) is 11.7 Å². The Bertz CT molecular complexity index is 1150. The molecule has 0 unspecified atom stereocenters. The summed E-state index contributed by atoms with van der Waals surface area (Å²) in [5, 5.41) is 49.1. The second kappa shape index (κ2) is 8.77. The lowest BCUT2D eigenvalue weighted by Crippen LogP contribution is -2.60. The Morgan fingerprint density at radius 1 is 1.00 bits per heavy atom. The SMILES string of the molecule is COc1cc2c(=O)c(-c3ccc(O)cc3)coc2cc1O[C@H]1O[C@@H](CO)[C@@H](O)[C@@H](O)[C@@H]1O. The summed E-state index contributed by atoms with van der Waals surface area (Å²) >= 11 is 0. The maximum Gasteiger partial charge on any atom is 0.229 e. The molecule has 1 fully saturated rings. The molecule has 10 heteroatoms. The van der Waals surface area contributed by atoms with Crippen molar-refractivity contribution in [2.45, 2.75) is 30.7 Å². The molecule has 5 N–H and O–H groups in total. The van der Waals surface area contributed by atoms with Gasteiger partial charge in [-0.3, -0.25) is 4.79 Å². The number of aromatic hydroxyl groups is 1. The smallest absolute Gasteiger partial charge is 0.229 e. The fourth-order valence-corrected chi connectivity index (χ4v) is 3.52. The Kier molecular flexibility index (Phi) is 6.04. The van der Waals surface area contributed by atoms with Crippen LogP contribution in [0.4, 0.5) is 0 Å². The summed E-state index contributed by atoms with van der Waals surface area (Å²) in [7, 11) is 1.35. The molecule has 0 aliphatic carbocycles. The van der Waals surface area contributed by atoms with Gasteiger partial charge in [-0.15, -0.1) is 0 Å². The summed E-state index contributed by atoms with van der Waals surface area (Å²) in [5.41, 5.74) is 0.661. The lowest BCUT2D eigenvalue weighted by molar-refractivity contribution is -0.277. The third-order valence-electron chi connectivity index (χ3n) is 5.33. The Balaban J connectivity index is 1.71. The summed E-state index contributed by atoms with van der Waals surface area (Å²) < 4.78 is 21.9. The maximum absolute atomic E-state index is 13.0. The van der Waals surface area contributed by atoms with E-state index in [0.717, 1.165) is 0 Å². The van der Waals surface area contributed by atoms with Crippen LogP contribution in [-0.2, 0) is 4.74 Å². The fraction of sp³-hybridized carbons (Fsp3) is 0.318. The molecule has 0 bridgehead atoms. The number of ether oxygens (including phenoxy) is 3. The molecule has 0 spiro atoms. The van der Waals surface area contributed by atoms with Crippen LogP contribution in [0, 0.1) is 0 Å². The van der Waals surface area contributed by atoms with E-state index >= 15 is 0 Å². The van der Waals surface area contributed by atoms with Crippen molar-refractivity contribution in [1.29, 1.82) is 0 Å². The zero-order chi connectivity index (χ0) is 23.0. The lowest BCUT2D eigenvalue weighted by atomic mass is 9.99. The number of aliphatic hydroxyl groups is 4. The first-order chi connectivity index (χ1) is 15.3. The maximum atomic E-state index is 13.0. The first-order valence-corrected chi connectivity index (χ1v) is 9.74. The number of methoxy groups -OCH3 is 1. The van der Waals surface area contributed by atoms with Gasteiger partial charge in [0.25, 0.3) is 0 Å². The molecule has 1 aliphatic rings. The van der Waals surface area contributed by atoms with Crippen molar-refractivity contribution in [3.63, 3.8) is 0 Å². The van der Waals surface area contributed by atoms with Crippen LogP contribution >= 0.6 is 0 Å². The summed E-state index contributed by atoms with van der Waals surface area (Å²) in [6, 6.07) is 8.86. The van der Waals surface area contributed by atoms with Crippen LogP contribution in [0.25, 0.3) is 22.1 Å². The highest BCUT2D eigenvalue weighted by atomic mass is 16.7. The van der Waals surface area contributed by atoms with Gasteiger partial charge in [-0.2, -0.15) is 0 Å². The predicted molar refractivity (Wildman–Crippen MR) is 111 cm³/mol. The van der Waals surface area contributed by atoms with Gasteiger partial charge in [-0.05, 0) is 23.8 Å². The molecule has 0 saturated carbocycles. The first kappa shape index (κ1) is 22.1. The standard InChI is InChI=1S/C22H22O10/c1-29-15-6-12-14(30-9-13(18(12)25)10-2-4-11(24)5-3-10)7-16(15)31-22-21(28)20(27)19(26)17(8-23)32-22/h2-7,9,17,19-24,26-28H,8H2,1H3/t17-,19+,20+,21-,22-/m0/s1. The Morgan fingerprint density at radius 2 is 1.72 bits per heavy atom. The number of hydrogen-bond acceptors (Lipinski definition) is 10. The van der Waals surface area contributed by atoms with E-state index in [-0.39, 0.29) is 39.2 Å². The van der Waals surface area contributed by atoms with E-state index in [9.17, 15) is 30.3 Å². The molecule has 1 aliphatic heterocycles. The molecular weight excluding hydrogens is 424 g/mol. The number of phenolic OH excluding ortho intramolecular Hbond substituents is 1. The highest BCUT2D eigenvalue weighted by molar-refractivity contribution is 5.84. The van der Waals surface area contributed by atoms with Crippen LogP contribution in [0.3, 0.4) is 0 Å². The largest absolute Gasteiger partial charge is 0.508 e. The van der Waals surface area contributed by atoms with Crippen LogP contribution in [0.2, 0.25) is 0 Å². The van der Waals surface area contributed by atoms with Crippen molar-refractivity contribution in [2.24, 2.45) is 0 Å². The molecule has 0 radical (unpaired) electrons. The molecule has 10 nitrogen and oxygen atoms in total. The van der Waals surface area contributed by atoms with Crippen LogP contribution in [0.15, 0.2) is 51.9 Å². The zero-order valence-electron chi connectivity index (χ0n) is 16.9. The highest BCUT2D eigenvalue weighted by Crippen LogP contribution is 2.35. The average molecular weight is 446 g/mol. The molecule has 1 aromatic heterocycles. The second-order valence-electron chi connectivity index (χ2n) is 7.34. The van der Waals surface area contributed by atoms with Crippen LogP contribution in [-0.4, -0.2) is 70.0 Å². The van der Waals surface area contributed by atoms with Gasteiger partial charge in [0.1, 0.15) is 42.0 Å². The topological polar surface area (TPSA) is 159 Å². The minimum absolute atomic E-state index is 0.0462. The molecule has 2 aromatic carbocycles. The number of hydrogen-bond donors (Lipinski definition) is 5. The van der Waals surface area contributed by atoms with Gasteiger partial charge >= 0.3 is 0 Å². The van der Waals surface area contributed by atoms with Crippen molar-refractivity contribution >= 4 is 11.0 Å². The van der Waals surface area contributed by atoms with Gasteiger partial charge in [-0.25, -0.2) is 0 Å². The van der Waals surface area contributed by atoms with Crippen molar-refractivity contribution in [1.82, 2.24) is 0 Å². The van der Waals surface area contributed by atoms with E-state index in [1.165, 1.54) is 37.6 Å². The Morgan fingerprint density at radius 3 is 2.38 bits per heavy atom. The Hall–Kier alpha value is -3.15. The van der Waals surface area contributed by atoms with E-state index in [1.54, 1.807) is 12.1 Å². The van der Waals surface area contributed by atoms with E-state index in [4.69, 9.17) is 18.6 Å². The number of phenols is 1. The van der Waals surface area contributed by atoms with Crippen LogP contribution in [0.5, 0.6) is 17.2 Å².